The molecule has 1 N–H and O–H groups in total. The fourth-order valence-electron chi connectivity index (χ4n) is 2.58. The van der Waals surface area contributed by atoms with Gasteiger partial charge in [-0.15, -0.1) is 0 Å². The highest BCUT2D eigenvalue weighted by Crippen LogP contribution is 2.16. The highest BCUT2D eigenvalue weighted by molar-refractivity contribution is 5.47. The van der Waals surface area contributed by atoms with Crippen LogP contribution in [0.4, 0.5) is 5.69 Å². The molecule has 3 nitrogen and oxygen atoms in total. The van der Waals surface area contributed by atoms with Gasteiger partial charge in [-0.25, -0.2) is 0 Å². The van der Waals surface area contributed by atoms with Crippen LogP contribution in [0, 0.1) is 6.07 Å². The van der Waals surface area contributed by atoms with Gasteiger partial charge in [-0.2, -0.15) is 0 Å². The van der Waals surface area contributed by atoms with Gasteiger partial charge in [0.25, 0.3) is 0 Å². The van der Waals surface area contributed by atoms with Crippen LogP contribution in [-0.2, 0) is 12.8 Å². The lowest BCUT2D eigenvalue weighted by molar-refractivity contribution is 0.589. The number of pyridine rings is 1. The molecule has 1 radical (unpaired) electrons. The smallest absolute Gasteiger partial charge is 0.0427 e. The first kappa shape index (κ1) is 13.1. The zero-order valence-corrected chi connectivity index (χ0v) is 11.7. The van der Waals surface area contributed by atoms with Crippen molar-refractivity contribution in [3.05, 3.63) is 59.9 Å². The number of nitrogens with zero attached hydrogens (tertiary/aromatic N) is 2. The molecule has 0 amide bonds. The lowest BCUT2D eigenvalue weighted by Gasteiger charge is -2.29. The zero-order chi connectivity index (χ0) is 13.6. The molecule has 0 atom stereocenters. The minimum Gasteiger partial charge on any atom is -0.369 e. The van der Waals surface area contributed by atoms with Crippen molar-refractivity contribution in [3.8, 4) is 0 Å². The van der Waals surface area contributed by atoms with Gasteiger partial charge in [-0.05, 0) is 36.6 Å². The first-order valence-corrected chi connectivity index (χ1v) is 7.27. The van der Waals surface area contributed by atoms with Gasteiger partial charge in [0.1, 0.15) is 0 Å². The van der Waals surface area contributed by atoms with Crippen LogP contribution < -0.4 is 10.2 Å². The van der Waals surface area contributed by atoms with E-state index in [2.05, 4.69) is 45.5 Å². The molecule has 103 valence electrons. The van der Waals surface area contributed by atoms with E-state index in [4.69, 9.17) is 0 Å². The molecule has 1 saturated heterocycles. The molecular formula is C17H20N3. The molecule has 0 spiro atoms. The van der Waals surface area contributed by atoms with E-state index in [0.29, 0.717) is 0 Å². The second-order valence-electron chi connectivity index (χ2n) is 5.15. The monoisotopic (exact) mass is 266 g/mol. The quantitative estimate of drug-likeness (QED) is 0.918. The van der Waals surface area contributed by atoms with Crippen molar-refractivity contribution in [2.75, 3.05) is 31.1 Å². The Kier molecular flexibility index (Phi) is 4.28. The van der Waals surface area contributed by atoms with Crippen molar-refractivity contribution in [2.45, 2.75) is 12.8 Å². The molecule has 0 saturated carbocycles. The predicted octanol–water partition coefficient (Wildman–Crippen LogP) is 2.08. The van der Waals surface area contributed by atoms with Crippen LogP contribution >= 0.6 is 0 Å². The SMILES string of the molecule is [c]1cccc(CCc2cc(N3CCNCC3)ccn2)c1. The number of rotatable bonds is 4. The molecule has 1 aromatic heterocycles. The summed E-state index contributed by atoms with van der Waals surface area (Å²) in [5, 5.41) is 3.38. The second kappa shape index (κ2) is 6.53. The number of nitrogens with one attached hydrogen (secondary N) is 1. The third-order valence-corrected chi connectivity index (χ3v) is 3.72. The van der Waals surface area contributed by atoms with E-state index >= 15 is 0 Å². The summed E-state index contributed by atoms with van der Waals surface area (Å²) >= 11 is 0. The Hall–Kier alpha value is -1.87. The van der Waals surface area contributed by atoms with Gasteiger partial charge >= 0.3 is 0 Å². The van der Waals surface area contributed by atoms with Gasteiger partial charge < -0.3 is 10.2 Å². The Morgan fingerprint density at radius 3 is 2.90 bits per heavy atom. The number of hydrogen-bond donors (Lipinski definition) is 1. The van der Waals surface area contributed by atoms with Crippen molar-refractivity contribution in [1.29, 1.82) is 0 Å². The summed E-state index contributed by atoms with van der Waals surface area (Å²) in [5.41, 5.74) is 3.79. The molecular weight excluding hydrogens is 246 g/mol. The van der Waals surface area contributed by atoms with E-state index in [1.165, 1.54) is 16.9 Å². The number of aromatic nitrogens is 1. The molecule has 1 aliphatic heterocycles. The van der Waals surface area contributed by atoms with Gasteiger partial charge in [-0.1, -0.05) is 24.3 Å². The van der Waals surface area contributed by atoms with Crippen LogP contribution in [0.25, 0.3) is 0 Å². The van der Waals surface area contributed by atoms with Crippen molar-refractivity contribution in [2.24, 2.45) is 0 Å². The maximum atomic E-state index is 4.50. The molecule has 1 aromatic carbocycles. The lowest BCUT2D eigenvalue weighted by atomic mass is 10.1. The molecule has 2 aromatic rings. The van der Waals surface area contributed by atoms with Gasteiger partial charge in [0.15, 0.2) is 0 Å². The van der Waals surface area contributed by atoms with Crippen LogP contribution in [0.2, 0.25) is 0 Å². The summed E-state index contributed by atoms with van der Waals surface area (Å²) in [6.07, 6.45) is 3.94. The number of anilines is 1. The number of aryl methyl sites for hydroxylation is 2. The standard InChI is InChI=1S/C17H20N3/c1-2-4-15(5-3-1)6-7-16-14-17(8-9-19-16)20-12-10-18-11-13-20/h1-2,4-5,8-9,14,18H,6-7,10-13H2. The average molecular weight is 266 g/mol. The maximum absolute atomic E-state index is 4.50. The van der Waals surface area contributed by atoms with Crippen molar-refractivity contribution in [3.63, 3.8) is 0 Å². The average Bonchev–Trinajstić information content (AvgIpc) is 2.55. The Labute approximate surface area is 120 Å². The molecule has 3 rings (SSSR count). The first-order valence-electron chi connectivity index (χ1n) is 7.27. The van der Waals surface area contributed by atoms with Crippen molar-refractivity contribution < 1.29 is 0 Å². The van der Waals surface area contributed by atoms with Gasteiger partial charge in [0, 0.05) is 43.8 Å². The van der Waals surface area contributed by atoms with Crippen LogP contribution in [0.3, 0.4) is 0 Å². The second-order valence-corrected chi connectivity index (χ2v) is 5.15. The van der Waals surface area contributed by atoms with E-state index < -0.39 is 0 Å². The summed E-state index contributed by atoms with van der Waals surface area (Å²) in [6.45, 7) is 4.29. The molecule has 0 bridgehead atoms. The van der Waals surface area contributed by atoms with E-state index in [0.717, 1.165) is 39.0 Å². The summed E-state index contributed by atoms with van der Waals surface area (Å²) in [5.74, 6) is 0. The van der Waals surface area contributed by atoms with Gasteiger partial charge in [-0.3, -0.25) is 4.98 Å². The van der Waals surface area contributed by atoms with E-state index in [1.54, 1.807) is 0 Å². The largest absolute Gasteiger partial charge is 0.369 e. The number of piperazine rings is 1. The highest BCUT2D eigenvalue weighted by atomic mass is 15.2. The van der Waals surface area contributed by atoms with E-state index in [-0.39, 0.29) is 0 Å². The van der Waals surface area contributed by atoms with Crippen LogP contribution in [0.1, 0.15) is 11.3 Å². The number of hydrogen-bond acceptors (Lipinski definition) is 3. The van der Waals surface area contributed by atoms with Crippen molar-refractivity contribution >= 4 is 5.69 Å². The first-order chi connectivity index (χ1) is 9.92. The third kappa shape index (κ3) is 3.36. The summed E-state index contributed by atoms with van der Waals surface area (Å²) in [7, 11) is 0. The van der Waals surface area contributed by atoms with Crippen molar-refractivity contribution in [1.82, 2.24) is 10.3 Å². The van der Waals surface area contributed by atoms with Gasteiger partial charge in [0.05, 0.1) is 0 Å². The molecule has 1 fully saturated rings. The zero-order valence-electron chi connectivity index (χ0n) is 11.7. The molecule has 0 aliphatic carbocycles. The molecule has 0 unspecified atom stereocenters. The predicted molar refractivity (Wildman–Crippen MR) is 82.0 cm³/mol. The van der Waals surface area contributed by atoms with E-state index in [1.807, 2.05) is 18.3 Å². The topological polar surface area (TPSA) is 28.2 Å². The summed E-state index contributed by atoms with van der Waals surface area (Å²) in [6, 6.07) is 15.7. The summed E-state index contributed by atoms with van der Waals surface area (Å²) < 4.78 is 0. The molecule has 1 aliphatic rings. The Morgan fingerprint density at radius 1 is 1.20 bits per heavy atom. The highest BCUT2D eigenvalue weighted by Gasteiger charge is 2.10. The van der Waals surface area contributed by atoms with Crippen LogP contribution in [0.15, 0.2) is 42.6 Å². The number of benzene rings is 1. The maximum Gasteiger partial charge on any atom is 0.0427 e. The molecule has 20 heavy (non-hydrogen) atoms. The Morgan fingerprint density at radius 2 is 2.10 bits per heavy atom. The third-order valence-electron chi connectivity index (χ3n) is 3.72. The lowest BCUT2D eigenvalue weighted by Crippen LogP contribution is -2.43. The van der Waals surface area contributed by atoms with Gasteiger partial charge in [0.2, 0.25) is 0 Å². The minimum atomic E-state index is 0.984. The fraction of sp³-hybridized carbons (Fsp3) is 0.353. The molecule has 3 heteroatoms. The minimum absolute atomic E-state index is 0.984. The fourth-order valence-corrected chi connectivity index (χ4v) is 2.58. The van der Waals surface area contributed by atoms with Crippen LogP contribution in [0.5, 0.6) is 0 Å². The van der Waals surface area contributed by atoms with E-state index in [9.17, 15) is 0 Å². The van der Waals surface area contributed by atoms with Crippen LogP contribution in [-0.4, -0.2) is 31.2 Å². The Balaban J connectivity index is 1.65. The summed E-state index contributed by atoms with van der Waals surface area (Å²) in [4.78, 5) is 6.93. The Bertz CT molecular complexity index is 533. The normalized spacial score (nSPS) is 15.3. The molecule has 2 heterocycles.